The van der Waals surface area contributed by atoms with E-state index in [0.29, 0.717) is 23.7 Å². The van der Waals surface area contributed by atoms with Crippen LogP contribution >= 0.6 is 0 Å². The van der Waals surface area contributed by atoms with E-state index in [2.05, 4.69) is 20.8 Å². The molecule has 1 aliphatic heterocycles. The van der Waals surface area contributed by atoms with Crippen LogP contribution in [0.25, 0.3) is 0 Å². The van der Waals surface area contributed by atoms with Crippen LogP contribution < -0.4 is 10.6 Å². The van der Waals surface area contributed by atoms with E-state index >= 15 is 0 Å². The van der Waals surface area contributed by atoms with E-state index < -0.39 is 18.0 Å². The van der Waals surface area contributed by atoms with E-state index in [1.165, 1.54) is 17.7 Å². The number of urea groups is 1. The summed E-state index contributed by atoms with van der Waals surface area (Å²) in [6.45, 7) is 0.00996. The number of rotatable bonds is 4. The number of benzene rings is 1. The van der Waals surface area contributed by atoms with Crippen molar-refractivity contribution in [2.24, 2.45) is 5.92 Å². The molecular formula is C20H23F3N6O2. The predicted octanol–water partition coefficient (Wildman–Crippen LogP) is 3.86. The number of amides is 3. The van der Waals surface area contributed by atoms with Gasteiger partial charge < -0.3 is 20.1 Å². The summed E-state index contributed by atoms with van der Waals surface area (Å²) in [5, 5.41) is 12.4. The molecule has 8 nitrogen and oxygen atoms in total. The van der Waals surface area contributed by atoms with Gasteiger partial charge in [0.05, 0.1) is 6.54 Å². The van der Waals surface area contributed by atoms with E-state index in [0.717, 1.165) is 17.4 Å². The third kappa shape index (κ3) is 4.97. The standard InChI is InChI=1S/C20H23F3N6O2/c21-20(22,23)18-27-26-16-12-28(9-10-29(16)18)19(31)25-15-7-5-14(6-8-15)24-17(30)11-13-3-1-2-4-13/h5-8,13H,1-4,9-12H2,(H,24,30)(H,25,31). The van der Waals surface area contributed by atoms with Gasteiger partial charge in [-0.15, -0.1) is 10.2 Å². The molecule has 1 aliphatic carbocycles. The van der Waals surface area contributed by atoms with Crippen molar-refractivity contribution in [1.29, 1.82) is 0 Å². The first-order valence-corrected chi connectivity index (χ1v) is 10.2. The number of fused-ring (bicyclic) bond motifs is 1. The quantitative estimate of drug-likeness (QED) is 0.761. The second kappa shape index (κ2) is 8.56. The lowest BCUT2D eigenvalue weighted by Gasteiger charge is -2.28. The van der Waals surface area contributed by atoms with E-state index in [1.54, 1.807) is 24.3 Å². The Morgan fingerprint density at radius 2 is 1.65 bits per heavy atom. The van der Waals surface area contributed by atoms with Crippen LogP contribution in [-0.4, -0.2) is 38.1 Å². The van der Waals surface area contributed by atoms with Gasteiger partial charge in [0.15, 0.2) is 5.82 Å². The maximum atomic E-state index is 12.9. The Bertz CT molecular complexity index is 951. The molecule has 166 valence electrons. The Morgan fingerprint density at radius 1 is 1.00 bits per heavy atom. The number of alkyl halides is 3. The molecule has 2 N–H and O–H groups in total. The van der Waals surface area contributed by atoms with Gasteiger partial charge in [-0.1, -0.05) is 12.8 Å². The monoisotopic (exact) mass is 436 g/mol. The summed E-state index contributed by atoms with van der Waals surface area (Å²) >= 11 is 0. The van der Waals surface area contributed by atoms with Crippen molar-refractivity contribution in [3.05, 3.63) is 35.9 Å². The minimum atomic E-state index is -4.58. The van der Waals surface area contributed by atoms with Gasteiger partial charge in [-0.3, -0.25) is 4.79 Å². The molecule has 2 aromatic rings. The number of carbonyl (C=O) groups excluding carboxylic acids is 2. The number of hydrogen-bond acceptors (Lipinski definition) is 4. The van der Waals surface area contributed by atoms with E-state index in [4.69, 9.17) is 0 Å². The van der Waals surface area contributed by atoms with Crippen LogP contribution in [0.4, 0.5) is 29.3 Å². The van der Waals surface area contributed by atoms with Crippen LogP contribution in [-0.2, 0) is 24.1 Å². The number of anilines is 2. The summed E-state index contributed by atoms with van der Waals surface area (Å²) in [6, 6.07) is 6.28. The van der Waals surface area contributed by atoms with Crippen LogP contribution in [0, 0.1) is 5.92 Å². The maximum absolute atomic E-state index is 12.9. The highest BCUT2D eigenvalue weighted by atomic mass is 19.4. The largest absolute Gasteiger partial charge is 0.451 e. The van der Waals surface area contributed by atoms with Crippen LogP contribution in [0.2, 0.25) is 0 Å². The minimum Gasteiger partial charge on any atom is -0.326 e. The fourth-order valence-corrected chi connectivity index (χ4v) is 4.07. The van der Waals surface area contributed by atoms with E-state index in [9.17, 15) is 22.8 Å². The van der Waals surface area contributed by atoms with Crippen molar-refractivity contribution in [3.8, 4) is 0 Å². The predicted molar refractivity (Wildman–Crippen MR) is 106 cm³/mol. The minimum absolute atomic E-state index is 0.0145. The van der Waals surface area contributed by atoms with E-state index in [-0.39, 0.29) is 31.4 Å². The molecule has 11 heteroatoms. The highest BCUT2D eigenvalue weighted by Crippen LogP contribution is 2.30. The van der Waals surface area contributed by atoms with Crippen molar-refractivity contribution in [2.75, 3.05) is 17.2 Å². The molecule has 3 amide bonds. The lowest BCUT2D eigenvalue weighted by molar-refractivity contribution is -0.147. The Balaban J connectivity index is 1.31. The Morgan fingerprint density at radius 3 is 2.29 bits per heavy atom. The van der Waals surface area contributed by atoms with Gasteiger partial charge in [0.1, 0.15) is 0 Å². The first-order chi connectivity index (χ1) is 14.8. The fraction of sp³-hybridized carbons (Fsp3) is 0.500. The lowest BCUT2D eigenvalue weighted by Crippen LogP contribution is -2.41. The van der Waals surface area contributed by atoms with Gasteiger partial charge >= 0.3 is 12.2 Å². The highest BCUT2D eigenvalue weighted by molar-refractivity contribution is 5.92. The van der Waals surface area contributed by atoms with Gasteiger partial charge in [-0.05, 0) is 43.0 Å². The van der Waals surface area contributed by atoms with Gasteiger partial charge in [-0.25, -0.2) is 4.79 Å². The van der Waals surface area contributed by atoms with Gasteiger partial charge in [-0.2, -0.15) is 13.2 Å². The molecule has 0 spiro atoms. The second-order valence-corrected chi connectivity index (χ2v) is 7.92. The molecule has 1 aromatic carbocycles. The number of halogens is 3. The number of nitrogens with one attached hydrogen (secondary N) is 2. The van der Waals surface area contributed by atoms with Gasteiger partial charge in [0.2, 0.25) is 11.7 Å². The Kier molecular flexibility index (Phi) is 5.84. The van der Waals surface area contributed by atoms with Crippen LogP contribution in [0.5, 0.6) is 0 Å². The summed E-state index contributed by atoms with van der Waals surface area (Å²) in [4.78, 5) is 26.0. The molecular weight excluding hydrogens is 413 g/mol. The van der Waals surface area contributed by atoms with Gasteiger partial charge in [0.25, 0.3) is 0 Å². The summed E-state index contributed by atoms with van der Waals surface area (Å²) in [7, 11) is 0. The number of hydrogen-bond donors (Lipinski definition) is 2. The van der Waals surface area contributed by atoms with Crippen molar-refractivity contribution in [1.82, 2.24) is 19.7 Å². The number of carbonyl (C=O) groups is 2. The molecule has 2 heterocycles. The molecule has 0 unspecified atom stereocenters. The summed E-state index contributed by atoms with van der Waals surface area (Å²) in [5.74, 6) is -0.511. The first-order valence-electron chi connectivity index (χ1n) is 10.2. The smallest absolute Gasteiger partial charge is 0.326 e. The number of aromatic nitrogens is 3. The molecule has 0 bridgehead atoms. The summed E-state index contributed by atoms with van der Waals surface area (Å²) in [6.07, 6.45) is 0.514. The molecule has 1 aromatic heterocycles. The molecule has 1 saturated carbocycles. The average molecular weight is 436 g/mol. The fourth-order valence-electron chi connectivity index (χ4n) is 4.07. The van der Waals surface area contributed by atoms with Gasteiger partial charge in [0, 0.05) is 30.9 Å². The third-order valence-electron chi connectivity index (χ3n) is 5.66. The van der Waals surface area contributed by atoms with Crippen molar-refractivity contribution >= 4 is 23.3 Å². The number of nitrogens with zero attached hydrogens (tertiary/aromatic N) is 4. The molecule has 4 rings (SSSR count). The highest BCUT2D eigenvalue weighted by Gasteiger charge is 2.39. The van der Waals surface area contributed by atoms with Crippen LogP contribution in [0.3, 0.4) is 0 Å². The first kappa shape index (κ1) is 21.1. The third-order valence-corrected chi connectivity index (χ3v) is 5.66. The summed E-state index contributed by atoms with van der Waals surface area (Å²) in [5.41, 5.74) is 1.16. The normalized spacial score (nSPS) is 16.8. The summed E-state index contributed by atoms with van der Waals surface area (Å²) < 4.78 is 39.8. The zero-order chi connectivity index (χ0) is 22.0. The molecule has 2 aliphatic rings. The Hall–Kier alpha value is -3.11. The maximum Gasteiger partial charge on any atom is 0.451 e. The molecule has 31 heavy (non-hydrogen) atoms. The SMILES string of the molecule is O=C(CC1CCCC1)Nc1ccc(NC(=O)N2CCn3c(nnc3C(F)(F)F)C2)cc1. The topological polar surface area (TPSA) is 92.2 Å². The second-order valence-electron chi connectivity index (χ2n) is 7.92. The zero-order valence-corrected chi connectivity index (χ0v) is 16.8. The average Bonchev–Trinajstić information content (AvgIpc) is 3.38. The zero-order valence-electron chi connectivity index (χ0n) is 16.8. The van der Waals surface area contributed by atoms with Crippen molar-refractivity contribution in [3.63, 3.8) is 0 Å². The molecule has 0 atom stereocenters. The van der Waals surface area contributed by atoms with Crippen LogP contribution in [0.1, 0.15) is 43.8 Å². The van der Waals surface area contributed by atoms with Crippen LogP contribution in [0.15, 0.2) is 24.3 Å². The Labute approximate surface area is 176 Å². The molecule has 1 fully saturated rings. The van der Waals surface area contributed by atoms with Crippen molar-refractivity contribution in [2.45, 2.75) is 51.4 Å². The molecule has 0 radical (unpaired) electrons. The molecule has 0 saturated heterocycles. The lowest BCUT2D eigenvalue weighted by atomic mass is 10.0. The van der Waals surface area contributed by atoms with E-state index in [1.807, 2.05) is 0 Å². The van der Waals surface area contributed by atoms with Crippen molar-refractivity contribution < 1.29 is 22.8 Å².